The molecule has 1 saturated heterocycles. The predicted octanol–water partition coefficient (Wildman–Crippen LogP) is 0.215. The number of nitrogens with zero attached hydrogens (tertiary/aromatic N) is 3. The maximum Gasteiger partial charge on any atom is 0.127 e. The Morgan fingerprint density at radius 3 is 2.47 bits per heavy atom. The van der Waals surface area contributed by atoms with Crippen LogP contribution in [-0.4, -0.2) is 41.3 Å². The van der Waals surface area contributed by atoms with Crippen molar-refractivity contribution in [2.45, 2.75) is 0 Å². The van der Waals surface area contributed by atoms with Gasteiger partial charge >= 0.3 is 0 Å². The van der Waals surface area contributed by atoms with Gasteiger partial charge in [-0.05, 0) is 0 Å². The van der Waals surface area contributed by atoms with E-state index in [0.717, 1.165) is 31.9 Å². The molecule has 0 unspecified atom stereocenters. The molecule has 0 aromatic heterocycles. The molecular weight excluding hydrogens is 258 g/mol. The Kier molecular flexibility index (Phi) is 4.64. The number of hydrogen-bond donors (Lipinski definition) is 2. The van der Waals surface area contributed by atoms with Crippen molar-refractivity contribution in [1.82, 2.24) is 8.83 Å². The van der Waals surface area contributed by atoms with Crippen LogP contribution in [0.5, 0.6) is 0 Å². The summed E-state index contributed by atoms with van der Waals surface area (Å²) < 4.78 is 2.10. The molecule has 5 nitrogen and oxygen atoms in total. The maximum atomic E-state index is 5.60. The summed E-state index contributed by atoms with van der Waals surface area (Å²) in [5, 5.41) is 0. The van der Waals surface area contributed by atoms with Crippen LogP contribution >= 0.6 is 16.1 Å². The largest absolute Gasteiger partial charge is 0.390 e. The third-order valence-electron chi connectivity index (χ3n) is 2.17. The zero-order valence-electron chi connectivity index (χ0n) is 8.56. The van der Waals surface area contributed by atoms with Gasteiger partial charge in [-0.1, -0.05) is 6.58 Å². The van der Waals surface area contributed by atoms with Gasteiger partial charge in [0, 0.05) is 54.1 Å². The van der Waals surface area contributed by atoms with Gasteiger partial charge in [-0.2, -0.15) is 0 Å². The van der Waals surface area contributed by atoms with Crippen LogP contribution in [0.3, 0.4) is 0 Å². The lowest BCUT2D eigenvalue weighted by Crippen LogP contribution is -2.41. The molecule has 15 heavy (non-hydrogen) atoms. The fourth-order valence-electron chi connectivity index (χ4n) is 1.35. The van der Waals surface area contributed by atoms with E-state index < -0.39 is 0 Å². The topological polar surface area (TPSA) is 70.9 Å². The fraction of sp³-hybridized carbons (Fsp3) is 0.444. The van der Waals surface area contributed by atoms with Crippen molar-refractivity contribution in [3.63, 3.8) is 0 Å². The second kappa shape index (κ2) is 5.77. The highest BCUT2D eigenvalue weighted by molar-refractivity contribution is 9.07. The van der Waals surface area contributed by atoms with E-state index in [4.69, 9.17) is 11.5 Å². The highest BCUT2D eigenvalue weighted by Crippen LogP contribution is 2.12. The standard InChI is InChI=1S/C9H16BrN5/c1-8(6-9(12)13-7-11)14-2-4-15(10)5-3-14/h6-7H,1-5,12H2,(H2,11,13)/b9-6-. The van der Waals surface area contributed by atoms with Gasteiger partial charge in [0.25, 0.3) is 0 Å². The Balaban J connectivity index is 2.50. The summed E-state index contributed by atoms with van der Waals surface area (Å²) in [7, 11) is 0. The molecule has 1 aliphatic heterocycles. The van der Waals surface area contributed by atoms with Crippen LogP contribution in [0.15, 0.2) is 29.2 Å². The van der Waals surface area contributed by atoms with Gasteiger partial charge in [-0.3, -0.25) is 0 Å². The Bertz CT molecular complexity index is 278. The lowest BCUT2D eigenvalue weighted by molar-refractivity contribution is 0.252. The minimum absolute atomic E-state index is 0.378. The first-order valence-corrected chi connectivity index (χ1v) is 5.40. The zero-order valence-corrected chi connectivity index (χ0v) is 10.2. The molecule has 0 atom stereocenters. The number of halogens is 1. The molecule has 0 aromatic rings. The molecule has 0 aliphatic carbocycles. The summed E-state index contributed by atoms with van der Waals surface area (Å²) >= 11 is 3.44. The number of piperazine rings is 1. The highest BCUT2D eigenvalue weighted by atomic mass is 79.9. The quantitative estimate of drug-likeness (QED) is 0.334. The van der Waals surface area contributed by atoms with Crippen molar-refractivity contribution >= 4 is 22.5 Å². The smallest absolute Gasteiger partial charge is 0.127 e. The fourth-order valence-corrected chi connectivity index (χ4v) is 1.67. The number of rotatable bonds is 3. The van der Waals surface area contributed by atoms with Gasteiger partial charge in [0.15, 0.2) is 0 Å². The molecule has 4 N–H and O–H groups in total. The minimum Gasteiger partial charge on any atom is -0.390 e. The molecule has 1 aliphatic rings. The number of aliphatic imine (C=N–C) groups is 1. The van der Waals surface area contributed by atoms with Gasteiger partial charge in [0.05, 0.1) is 6.34 Å². The van der Waals surface area contributed by atoms with Gasteiger partial charge in [0.1, 0.15) is 5.82 Å². The molecule has 0 saturated carbocycles. The summed E-state index contributed by atoms with van der Waals surface area (Å²) in [6.07, 6.45) is 2.91. The molecule has 0 aromatic carbocycles. The SMILES string of the molecule is C=C(/C=C(/N)N=CN)N1CCN(Br)CC1. The van der Waals surface area contributed by atoms with Crippen molar-refractivity contribution in [3.05, 3.63) is 24.2 Å². The molecular formula is C9H16BrN5. The maximum absolute atomic E-state index is 5.60. The monoisotopic (exact) mass is 273 g/mol. The van der Waals surface area contributed by atoms with Crippen LogP contribution in [0.2, 0.25) is 0 Å². The lowest BCUT2D eigenvalue weighted by Gasteiger charge is -2.33. The van der Waals surface area contributed by atoms with Crippen molar-refractivity contribution in [2.24, 2.45) is 16.5 Å². The normalized spacial score (nSPS) is 19.8. The molecule has 1 heterocycles. The summed E-state index contributed by atoms with van der Waals surface area (Å²) in [6.45, 7) is 7.74. The predicted molar refractivity (Wildman–Crippen MR) is 66.2 cm³/mol. The van der Waals surface area contributed by atoms with E-state index in [2.05, 4.69) is 36.5 Å². The molecule has 84 valence electrons. The molecule has 0 amide bonds. The van der Waals surface area contributed by atoms with Crippen molar-refractivity contribution in [1.29, 1.82) is 0 Å². The minimum atomic E-state index is 0.378. The Hall–Kier alpha value is -1.01. The Morgan fingerprint density at radius 2 is 1.93 bits per heavy atom. The van der Waals surface area contributed by atoms with E-state index in [1.165, 1.54) is 6.34 Å². The number of hydrogen-bond acceptors (Lipinski definition) is 4. The van der Waals surface area contributed by atoms with E-state index in [-0.39, 0.29) is 0 Å². The summed E-state index contributed by atoms with van der Waals surface area (Å²) in [5.41, 5.74) is 11.6. The van der Waals surface area contributed by atoms with E-state index in [1.807, 2.05) is 0 Å². The van der Waals surface area contributed by atoms with Gasteiger partial charge < -0.3 is 16.4 Å². The summed E-state index contributed by atoms with van der Waals surface area (Å²) in [5.74, 6) is 0.378. The first-order valence-electron chi connectivity index (χ1n) is 4.69. The lowest BCUT2D eigenvalue weighted by atomic mass is 10.3. The van der Waals surface area contributed by atoms with Crippen molar-refractivity contribution in [3.8, 4) is 0 Å². The van der Waals surface area contributed by atoms with Crippen LogP contribution < -0.4 is 11.5 Å². The van der Waals surface area contributed by atoms with E-state index in [9.17, 15) is 0 Å². The third kappa shape index (κ3) is 3.93. The summed E-state index contributed by atoms with van der Waals surface area (Å²) in [6, 6.07) is 0. The van der Waals surface area contributed by atoms with Gasteiger partial charge in [-0.25, -0.2) is 8.92 Å². The summed E-state index contributed by atoms with van der Waals surface area (Å²) in [4.78, 5) is 5.92. The highest BCUT2D eigenvalue weighted by Gasteiger charge is 2.14. The third-order valence-corrected chi connectivity index (χ3v) is 2.88. The van der Waals surface area contributed by atoms with Crippen LogP contribution in [0, 0.1) is 0 Å². The van der Waals surface area contributed by atoms with Crippen LogP contribution in [-0.2, 0) is 0 Å². The van der Waals surface area contributed by atoms with E-state index in [0.29, 0.717) is 5.82 Å². The molecule has 0 radical (unpaired) electrons. The second-order valence-corrected chi connectivity index (χ2v) is 4.24. The average molecular weight is 274 g/mol. The van der Waals surface area contributed by atoms with Crippen LogP contribution in [0.1, 0.15) is 0 Å². The van der Waals surface area contributed by atoms with Crippen molar-refractivity contribution < 1.29 is 0 Å². The first kappa shape index (κ1) is 12.1. The number of allylic oxidation sites excluding steroid dienone is 1. The van der Waals surface area contributed by atoms with Crippen molar-refractivity contribution in [2.75, 3.05) is 26.2 Å². The molecule has 1 rings (SSSR count). The van der Waals surface area contributed by atoms with Crippen LogP contribution in [0.25, 0.3) is 0 Å². The van der Waals surface area contributed by atoms with Gasteiger partial charge in [0.2, 0.25) is 0 Å². The molecule has 0 bridgehead atoms. The average Bonchev–Trinajstić information content (AvgIpc) is 2.18. The first-order chi connectivity index (χ1) is 7.13. The molecule has 1 fully saturated rings. The zero-order chi connectivity index (χ0) is 11.3. The number of nitrogens with two attached hydrogens (primary N) is 2. The molecule has 6 heteroatoms. The molecule has 0 spiro atoms. The van der Waals surface area contributed by atoms with E-state index >= 15 is 0 Å². The second-order valence-electron chi connectivity index (χ2n) is 3.24. The Labute approximate surface area is 98.4 Å². The van der Waals surface area contributed by atoms with E-state index in [1.54, 1.807) is 6.08 Å². The van der Waals surface area contributed by atoms with Gasteiger partial charge in [-0.15, -0.1) is 0 Å². The Morgan fingerprint density at radius 1 is 1.33 bits per heavy atom. The van der Waals surface area contributed by atoms with Crippen LogP contribution in [0.4, 0.5) is 0 Å².